The molecule has 0 radical (unpaired) electrons. The molecule has 0 aliphatic rings. The van der Waals surface area contributed by atoms with Crippen molar-refractivity contribution in [2.75, 3.05) is 19.0 Å². The minimum atomic E-state index is -4.62. The molecule has 2 rings (SSSR count). The number of hydrogen-bond acceptors (Lipinski definition) is 6. The van der Waals surface area contributed by atoms with Crippen molar-refractivity contribution in [1.82, 2.24) is 9.78 Å². The number of esters is 2. The Labute approximate surface area is 150 Å². The van der Waals surface area contributed by atoms with Crippen LogP contribution in [0.25, 0.3) is 0 Å². The van der Waals surface area contributed by atoms with E-state index in [1.54, 1.807) is 0 Å². The lowest BCUT2D eigenvalue weighted by Gasteiger charge is -2.08. The zero-order chi connectivity index (χ0) is 20.0. The van der Waals surface area contributed by atoms with Crippen LogP contribution in [0.2, 0.25) is 0 Å². The summed E-state index contributed by atoms with van der Waals surface area (Å²) < 4.78 is 47.3. The first-order valence-electron chi connectivity index (χ1n) is 7.43. The molecule has 1 heterocycles. The number of aromatic nitrogens is 2. The standard InChI is InChI=1S/C16H14F3N3O5/c1-26-15(25)10-3-2-4-11(7-10)20-13(23)9-27-14(24)8-22-6-5-12(21-22)16(17,18)19/h2-7H,8-9H2,1H3,(H,20,23). The molecule has 1 N–H and O–H groups in total. The van der Waals surface area contributed by atoms with Crippen molar-refractivity contribution in [3.05, 3.63) is 47.8 Å². The zero-order valence-electron chi connectivity index (χ0n) is 13.9. The normalized spacial score (nSPS) is 11.0. The van der Waals surface area contributed by atoms with Crippen molar-refractivity contribution in [1.29, 1.82) is 0 Å². The summed E-state index contributed by atoms with van der Waals surface area (Å²) in [6, 6.07) is 6.60. The Bertz CT molecular complexity index is 848. The summed E-state index contributed by atoms with van der Waals surface area (Å²) in [5.41, 5.74) is -0.647. The Morgan fingerprint density at radius 1 is 1.22 bits per heavy atom. The molecule has 0 bridgehead atoms. The number of ether oxygens (including phenoxy) is 2. The van der Waals surface area contributed by atoms with Crippen LogP contribution in [0, 0.1) is 0 Å². The fourth-order valence-electron chi connectivity index (χ4n) is 1.96. The van der Waals surface area contributed by atoms with Gasteiger partial charge in [0.15, 0.2) is 12.3 Å². The Balaban J connectivity index is 1.84. The van der Waals surface area contributed by atoms with E-state index in [0.29, 0.717) is 6.07 Å². The van der Waals surface area contributed by atoms with Crippen LogP contribution >= 0.6 is 0 Å². The SMILES string of the molecule is COC(=O)c1cccc(NC(=O)COC(=O)Cn2ccc(C(F)(F)F)n2)c1. The number of halogens is 3. The Kier molecular flexibility index (Phi) is 6.16. The molecule has 0 saturated carbocycles. The molecule has 27 heavy (non-hydrogen) atoms. The molecule has 0 aliphatic carbocycles. The number of amides is 1. The van der Waals surface area contributed by atoms with E-state index < -0.39 is 42.9 Å². The van der Waals surface area contributed by atoms with E-state index in [1.807, 2.05) is 0 Å². The fourth-order valence-corrected chi connectivity index (χ4v) is 1.96. The number of carbonyl (C=O) groups is 3. The lowest BCUT2D eigenvalue weighted by molar-refractivity contribution is -0.148. The van der Waals surface area contributed by atoms with Gasteiger partial charge in [-0.3, -0.25) is 14.3 Å². The molecule has 1 amide bonds. The van der Waals surface area contributed by atoms with Crippen LogP contribution in [0.3, 0.4) is 0 Å². The van der Waals surface area contributed by atoms with Crippen molar-refractivity contribution in [3.63, 3.8) is 0 Å². The summed E-state index contributed by atoms with van der Waals surface area (Å²) in [5, 5.41) is 5.61. The molecule has 144 valence electrons. The number of methoxy groups -OCH3 is 1. The second-order valence-corrected chi connectivity index (χ2v) is 5.18. The van der Waals surface area contributed by atoms with Crippen LogP contribution in [-0.4, -0.2) is 41.3 Å². The van der Waals surface area contributed by atoms with Gasteiger partial charge in [-0.05, 0) is 24.3 Å². The first kappa shape index (κ1) is 19.9. The highest BCUT2D eigenvalue weighted by Gasteiger charge is 2.33. The van der Waals surface area contributed by atoms with Gasteiger partial charge in [-0.25, -0.2) is 4.79 Å². The van der Waals surface area contributed by atoms with E-state index in [0.717, 1.165) is 10.9 Å². The maximum absolute atomic E-state index is 12.4. The minimum Gasteiger partial charge on any atom is -0.465 e. The smallest absolute Gasteiger partial charge is 0.435 e. The second-order valence-electron chi connectivity index (χ2n) is 5.18. The van der Waals surface area contributed by atoms with Crippen LogP contribution in [0.4, 0.5) is 18.9 Å². The van der Waals surface area contributed by atoms with E-state index in [4.69, 9.17) is 0 Å². The molecule has 1 aromatic heterocycles. The molecule has 0 spiro atoms. The molecule has 11 heteroatoms. The number of benzene rings is 1. The van der Waals surface area contributed by atoms with Gasteiger partial charge in [-0.1, -0.05) is 6.07 Å². The van der Waals surface area contributed by atoms with Crippen molar-refractivity contribution in [3.8, 4) is 0 Å². The number of hydrogen-bond donors (Lipinski definition) is 1. The maximum Gasteiger partial charge on any atom is 0.435 e. The van der Waals surface area contributed by atoms with Crippen LogP contribution < -0.4 is 5.32 Å². The van der Waals surface area contributed by atoms with Crippen LogP contribution in [0.15, 0.2) is 36.5 Å². The molecule has 2 aromatic rings. The van der Waals surface area contributed by atoms with Crippen molar-refractivity contribution >= 4 is 23.5 Å². The third-order valence-electron chi connectivity index (χ3n) is 3.15. The Morgan fingerprint density at radius 3 is 2.59 bits per heavy atom. The first-order valence-corrected chi connectivity index (χ1v) is 7.43. The van der Waals surface area contributed by atoms with Gasteiger partial charge >= 0.3 is 18.1 Å². The molecule has 0 atom stereocenters. The predicted molar refractivity (Wildman–Crippen MR) is 84.6 cm³/mol. The molecule has 0 saturated heterocycles. The van der Waals surface area contributed by atoms with Gasteiger partial charge in [0.2, 0.25) is 0 Å². The highest BCUT2D eigenvalue weighted by atomic mass is 19.4. The van der Waals surface area contributed by atoms with Gasteiger partial charge in [-0.2, -0.15) is 18.3 Å². The molecular weight excluding hydrogens is 371 g/mol. The largest absolute Gasteiger partial charge is 0.465 e. The third-order valence-corrected chi connectivity index (χ3v) is 3.15. The van der Waals surface area contributed by atoms with Crippen LogP contribution in [-0.2, 0) is 31.8 Å². The van der Waals surface area contributed by atoms with E-state index >= 15 is 0 Å². The maximum atomic E-state index is 12.4. The van der Waals surface area contributed by atoms with E-state index in [2.05, 4.69) is 19.9 Å². The van der Waals surface area contributed by atoms with Crippen LogP contribution in [0.5, 0.6) is 0 Å². The minimum absolute atomic E-state index is 0.214. The van der Waals surface area contributed by atoms with Crippen molar-refractivity contribution < 1.29 is 37.0 Å². The Hall–Kier alpha value is -3.37. The topological polar surface area (TPSA) is 99.5 Å². The van der Waals surface area contributed by atoms with Gasteiger partial charge in [0.05, 0.1) is 12.7 Å². The number of anilines is 1. The van der Waals surface area contributed by atoms with E-state index in [1.165, 1.54) is 31.4 Å². The molecule has 0 aliphatic heterocycles. The number of rotatable bonds is 6. The summed E-state index contributed by atoms with van der Waals surface area (Å²) in [5.74, 6) is -2.22. The van der Waals surface area contributed by atoms with Crippen molar-refractivity contribution in [2.45, 2.75) is 12.7 Å². The predicted octanol–water partition coefficient (Wildman–Crippen LogP) is 1.87. The van der Waals surface area contributed by atoms with Crippen LogP contribution in [0.1, 0.15) is 16.1 Å². The number of nitrogens with zero attached hydrogens (tertiary/aromatic N) is 2. The highest BCUT2D eigenvalue weighted by molar-refractivity contribution is 5.95. The number of carbonyl (C=O) groups excluding carboxylic acids is 3. The Morgan fingerprint density at radius 2 is 1.96 bits per heavy atom. The lowest BCUT2D eigenvalue weighted by Crippen LogP contribution is -2.23. The number of alkyl halides is 3. The molecule has 0 unspecified atom stereocenters. The van der Waals surface area contributed by atoms with E-state index in [-0.39, 0.29) is 11.3 Å². The molecule has 1 aromatic carbocycles. The number of nitrogens with one attached hydrogen (secondary N) is 1. The van der Waals surface area contributed by atoms with Gasteiger partial charge < -0.3 is 14.8 Å². The highest BCUT2D eigenvalue weighted by Crippen LogP contribution is 2.27. The summed E-state index contributed by atoms with van der Waals surface area (Å²) in [6.45, 7) is -1.24. The summed E-state index contributed by atoms with van der Waals surface area (Å²) in [4.78, 5) is 34.8. The van der Waals surface area contributed by atoms with Gasteiger partial charge in [-0.15, -0.1) is 0 Å². The lowest BCUT2D eigenvalue weighted by atomic mass is 10.2. The summed E-state index contributed by atoms with van der Waals surface area (Å²) in [7, 11) is 1.21. The van der Waals surface area contributed by atoms with Crippen molar-refractivity contribution in [2.24, 2.45) is 0 Å². The quantitative estimate of drug-likeness (QED) is 0.762. The first-order chi connectivity index (χ1) is 12.7. The van der Waals surface area contributed by atoms with Gasteiger partial charge in [0.25, 0.3) is 5.91 Å². The van der Waals surface area contributed by atoms with E-state index in [9.17, 15) is 27.6 Å². The fraction of sp³-hybridized carbons (Fsp3) is 0.250. The third kappa shape index (κ3) is 5.83. The molecular formula is C16H14F3N3O5. The second kappa shape index (κ2) is 8.34. The zero-order valence-corrected chi connectivity index (χ0v) is 13.9. The average molecular weight is 385 g/mol. The van der Waals surface area contributed by atoms with Gasteiger partial charge in [0.1, 0.15) is 6.54 Å². The summed E-state index contributed by atoms with van der Waals surface area (Å²) >= 11 is 0. The average Bonchev–Trinajstić information content (AvgIpc) is 3.08. The monoisotopic (exact) mass is 385 g/mol. The molecule has 0 fully saturated rings. The molecule has 8 nitrogen and oxygen atoms in total. The van der Waals surface area contributed by atoms with Gasteiger partial charge in [0, 0.05) is 11.9 Å². The summed E-state index contributed by atoms with van der Waals surface area (Å²) in [6.07, 6.45) is -3.64.